The van der Waals surface area contributed by atoms with Crippen LogP contribution in [0.2, 0.25) is 0 Å². The molecule has 0 aliphatic heterocycles. The third kappa shape index (κ3) is 1.73. The predicted octanol–water partition coefficient (Wildman–Crippen LogP) is 3.41. The van der Waals surface area contributed by atoms with Crippen LogP contribution in [0.25, 0.3) is 0 Å². The van der Waals surface area contributed by atoms with Gasteiger partial charge in [0.1, 0.15) is 0 Å². The van der Waals surface area contributed by atoms with Crippen molar-refractivity contribution in [3.8, 4) is 6.07 Å². The van der Waals surface area contributed by atoms with Crippen LogP contribution in [-0.2, 0) is 6.42 Å². The van der Waals surface area contributed by atoms with E-state index in [4.69, 9.17) is 4.52 Å². The fraction of sp³-hybridized carbons (Fsp3) is 0.471. The van der Waals surface area contributed by atoms with Gasteiger partial charge in [-0.15, -0.1) is 0 Å². The molecule has 1 aromatic carbocycles. The summed E-state index contributed by atoms with van der Waals surface area (Å²) in [5, 5.41) is 13.4. The van der Waals surface area contributed by atoms with Crippen LogP contribution in [0.15, 0.2) is 28.8 Å². The largest absolute Gasteiger partial charge is 0.339 e. The van der Waals surface area contributed by atoms with E-state index in [0.29, 0.717) is 5.89 Å². The maximum absolute atomic E-state index is 9.18. The molecule has 1 fully saturated rings. The van der Waals surface area contributed by atoms with E-state index in [1.165, 1.54) is 11.1 Å². The minimum atomic E-state index is -0.0495. The van der Waals surface area contributed by atoms with Gasteiger partial charge in [-0.05, 0) is 29.4 Å². The van der Waals surface area contributed by atoms with Gasteiger partial charge in [-0.1, -0.05) is 43.3 Å². The summed E-state index contributed by atoms with van der Waals surface area (Å²) < 4.78 is 5.47. The van der Waals surface area contributed by atoms with Gasteiger partial charge in [0, 0.05) is 5.92 Å². The smallest absolute Gasteiger partial charge is 0.231 e. The Morgan fingerprint density at radius 2 is 2.14 bits per heavy atom. The highest BCUT2D eigenvalue weighted by molar-refractivity contribution is 5.38. The first kappa shape index (κ1) is 12.6. The molecule has 2 aromatic rings. The van der Waals surface area contributed by atoms with Crippen molar-refractivity contribution in [2.75, 3.05) is 0 Å². The molecule has 0 saturated heterocycles. The average molecular weight is 279 g/mol. The molecule has 2 aliphatic carbocycles. The van der Waals surface area contributed by atoms with Crippen molar-refractivity contribution < 1.29 is 4.52 Å². The summed E-state index contributed by atoms with van der Waals surface area (Å²) in [6, 6.07) is 10.8. The average Bonchev–Trinajstić information content (AvgIpc) is 2.90. The van der Waals surface area contributed by atoms with Gasteiger partial charge in [0.15, 0.2) is 5.82 Å². The van der Waals surface area contributed by atoms with E-state index in [1.54, 1.807) is 0 Å². The van der Waals surface area contributed by atoms with Crippen molar-refractivity contribution in [1.82, 2.24) is 10.1 Å². The maximum Gasteiger partial charge on any atom is 0.231 e. The van der Waals surface area contributed by atoms with E-state index in [0.717, 1.165) is 18.7 Å². The first-order valence-corrected chi connectivity index (χ1v) is 7.44. The van der Waals surface area contributed by atoms with Crippen molar-refractivity contribution in [3.63, 3.8) is 0 Å². The SMILES string of the molecule is CC1(C)C(C#N)C1c1nc(C2CCc3ccccc32)no1. The van der Waals surface area contributed by atoms with E-state index in [9.17, 15) is 5.26 Å². The van der Waals surface area contributed by atoms with Crippen LogP contribution < -0.4 is 0 Å². The van der Waals surface area contributed by atoms with Crippen LogP contribution in [-0.4, -0.2) is 10.1 Å². The summed E-state index contributed by atoms with van der Waals surface area (Å²) in [5.41, 5.74) is 2.65. The molecule has 21 heavy (non-hydrogen) atoms. The highest BCUT2D eigenvalue weighted by Crippen LogP contribution is 2.63. The van der Waals surface area contributed by atoms with Gasteiger partial charge in [0.2, 0.25) is 5.89 Å². The molecule has 1 heterocycles. The quantitative estimate of drug-likeness (QED) is 0.845. The lowest BCUT2D eigenvalue weighted by atomic mass is 10.0. The fourth-order valence-electron chi connectivity index (χ4n) is 3.68. The van der Waals surface area contributed by atoms with Crippen molar-refractivity contribution in [1.29, 1.82) is 5.26 Å². The third-order valence-corrected chi connectivity index (χ3v) is 5.13. The second-order valence-corrected chi connectivity index (χ2v) is 6.69. The Labute approximate surface area is 123 Å². The van der Waals surface area contributed by atoms with Gasteiger partial charge >= 0.3 is 0 Å². The molecule has 2 aliphatic rings. The van der Waals surface area contributed by atoms with Crippen LogP contribution in [0.3, 0.4) is 0 Å². The second-order valence-electron chi connectivity index (χ2n) is 6.69. The van der Waals surface area contributed by atoms with Gasteiger partial charge in [-0.3, -0.25) is 0 Å². The number of rotatable bonds is 2. The van der Waals surface area contributed by atoms with Crippen LogP contribution >= 0.6 is 0 Å². The Morgan fingerprint density at radius 3 is 2.90 bits per heavy atom. The first-order valence-electron chi connectivity index (χ1n) is 7.44. The maximum atomic E-state index is 9.18. The fourth-order valence-corrected chi connectivity index (χ4v) is 3.68. The number of hydrogen-bond donors (Lipinski definition) is 0. The zero-order valence-corrected chi connectivity index (χ0v) is 12.2. The van der Waals surface area contributed by atoms with Crippen molar-refractivity contribution in [2.24, 2.45) is 11.3 Å². The summed E-state index contributed by atoms with van der Waals surface area (Å²) in [6.45, 7) is 4.17. The highest BCUT2D eigenvalue weighted by Gasteiger charge is 2.62. The summed E-state index contributed by atoms with van der Waals surface area (Å²) in [7, 11) is 0. The topological polar surface area (TPSA) is 62.7 Å². The normalized spacial score (nSPS) is 28.9. The number of benzene rings is 1. The number of aromatic nitrogens is 2. The lowest BCUT2D eigenvalue weighted by Gasteiger charge is -2.05. The Kier molecular flexibility index (Phi) is 2.50. The minimum Gasteiger partial charge on any atom is -0.339 e. The summed E-state index contributed by atoms with van der Waals surface area (Å²) >= 11 is 0. The van der Waals surface area contributed by atoms with Gasteiger partial charge in [-0.2, -0.15) is 10.2 Å². The van der Waals surface area contributed by atoms with Crippen molar-refractivity contribution in [2.45, 2.75) is 38.5 Å². The Bertz CT molecular complexity index is 740. The van der Waals surface area contributed by atoms with Gasteiger partial charge < -0.3 is 4.52 Å². The lowest BCUT2D eigenvalue weighted by Crippen LogP contribution is -1.99. The molecule has 3 atom stereocenters. The molecule has 4 nitrogen and oxygen atoms in total. The molecule has 1 saturated carbocycles. The van der Waals surface area contributed by atoms with Crippen LogP contribution in [0.1, 0.15) is 54.9 Å². The number of fused-ring (bicyclic) bond motifs is 1. The van der Waals surface area contributed by atoms with Crippen molar-refractivity contribution in [3.05, 3.63) is 47.1 Å². The summed E-state index contributed by atoms with van der Waals surface area (Å²) in [6.07, 6.45) is 2.11. The van der Waals surface area contributed by atoms with E-state index in [-0.39, 0.29) is 23.2 Å². The molecule has 0 radical (unpaired) electrons. The molecular formula is C17H17N3O. The zero-order valence-electron chi connectivity index (χ0n) is 12.2. The number of nitriles is 1. The molecule has 4 heteroatoms. The third-order valence-electron chi connectivity index (χ3n) is 5.13. The van der Waals surface area contributed by atoms with E-state index >= 15 is 0 Å². The van der Waals surface area contributed by atoms with E-state index in [1.807, 2.05) is 0 Å². The number of aryl methyl sites for hydroxylation is 1. The monoisotopic (exact) mass is 279 g/mol. The number of hydrogen-bond acceptors (Lipinski definition) is 4. The first-order chi connectivity index (χ1) is 10.1. The predicted molar refractivity (Wildman–Crippen MR) is 76.5 cm³/mol. The molecule has 0 N–H and O–H groups in total. The van der Waals surface area contributed by atoms with Crippen molar-refractivity contribution >= 4 is 0 Å². The lowest BCUT2D eigenvalue weighted by molar-refractivity contribution is 0.361. The van der Waals surface area contributed by atoms with Crippen LogP contribution in [0, 0.1) is 22.7 Å². The van der Waals surface area contributed by atoms with E-state index < -0.39 is 0 Å². The molecule has 3 unspecified atom stereocenters. The molecule has 1 aromatic heterocycles. The van der Waals surface area contributed by atoms with Gasteiger partial charge in [0.25, 0.3) is 0 Å². The number of nitrogens with zero attached hydrogens (tertiary/aromatic N) is 3. The van der Waals surface area contributed by atoms with Crippen LogP contribution in [0.4, 0.5) is 0 Å². The molecule has 0 amide bonds. The Hall–Kier alpha value is -2.15. The Morgan fingerprint density at radius 1 is 1.33 bits per heavy atom. The van der Waals surface area contributed by atoms with Gasteiger partial charge in [-0.25, -0.2) is 0 Å². The highest BCUT2D eigenvalue weighted by atomic mass is 16.5. The summed E-state index contributed by atoms with van der Waals surface area (Å²) in [4.78, 5) is 4.62. The molecular weight excluding hydrogens is 262 g/mol. The molecule has 4 rings (SSSR count). The molecule has 106 valence electrons. The molecule has 0 bridgehead atoms. The standard InChI is InChI=1S/C17H17N3O/c1-17(2)13(9-18)14(17)16-19-15(20-21-16)12-8-7-10-5-3-4-6-11(10)12/h3-6,12-14H,7-8H2,1-2H3. The van der Waals surface area contributed by atoms with E-state index in [2.05, 4.69) is 54.3 Å². The zero-order chi connectivity index (χ0) is 14.6. The van der Waals surface area contributed by atoms with Crippen LogP contribution in [0.5, 0.6) is 0 Å². The van der Waals surface area contributed by atoms with Gasteiger partial charge in [0.05, 0.1) is 17.9 Å². The summed E-state index contributed by atoms with van der Waals surface area (Å²) in [5.74, 6) is 1.71. The Balaban J connectivity index is 1.64. The molecule has 0 spiro atoms. The second kappa shape index (κ2) is 4.17. The minimum absolute atomic E-state index is 0.0123.